The Labute approximate surface area is 149 Å². The molecule has 4 heteroatoms. The van der Waals surface area contributed by atoms with E-state index in [9.17, 15) is 4.79 Å². The van der Waals surface area contributed by atoms with Gasteiger partial charge in [-0.2, -0.15) is 0 Å². The molecular formula is C20H26ClNO2. The number of ether oxygens (including phenoxy) is 1. The highest BCUT2D eigenvalue weighted by molar-refractivity contribution is 6.32. The van der Waals surface area contributed by atoms with Gasteiger partial charge in [0.25, 0.3) is 0 Å². The van der Waals surface area contributed by atoms with Gasteiger partial charge in [0.15, 0.2) is 17.5 Å². The first-order valence-corrected chi connectivity index (χ1v) is 9.60. The Bertz CT molecular complexity index is 628. The monoisotopic (exact) mass is 347 g/mol. The van der Waals surface area contributed by atoms with Gasteiger partial charge in [-0.3, -0.25) is 4.79 Å². The zero-order valence-corrected chi connectivity index (χ0v) is 15.1. The summed E-state index contributed by atoms with van der Waals surface area (Å²) < 4.78 is 5.92. The van der Waals surface area contributed by atoms with Gasteiger partial charge in [0.2, 0.25) is 5.78 Å². The van der Waals surface area contributed by atoms with E-state index in [2.05, 4.69) is 6.92 Å². The first-order chi connectivity index (χ1) is 11.7. The molecule has 1 aliphatic carbocycles. The topological polar surface area (TPSA) is 38.7 Å². The number of halogens is 1. The number of ketones is 1. The lowest BCUT2D eigenvalue weighted by molar-refractivity contribution is -0.137. The molecule has 0 spiro atoms. The number of carbonyl (C=O) groups excluding carboxylic acids is 1. The Morgan fingerprint density at radius 2 is 2.04 bits per heavy atom. The van der Waals surface area contributed by atoms with Crippen LogP contribution >= 0.6 is 11.6 Å². The second-order valence-electron chi connectivity index (χ2n) is 6.87. The fraction of sp³-hybridized carbons (Fsp3) is 0.600. The third-order valence-electron chi connectivity index (χ3n) is 5.11. The fourth-order valence-corrected chi connectivity index (χ4v) is 4.10. The molecular weight excluding hydrogens is 322 g/mol. The number of carbonyl (C=O) groups is 1. The Kier molecular flexibility index (Phi) is 5.60. The van der Waals surface area contributed by atoms with Crippen molar-refractivity contribution in [2.75, 3.05) is 0 Å². The Morgan fingerprint density at radius 1 is 1.25 bits per heavy atom. The zero-order valence-electron chi connectivity index (χ0n) is 14.4. The number of fused-ring (bicyclic) bond motifs is 2. The number of Topliss-reactive ketones (excluding diaryl/α,β-unsaturated/α-hetero) is 1. The number of hydrogen-bond acceptors (Lipinski definition) is 3. The molecule has 24 heavy (non-hydrogen) atoms. The first-order valence-electron chi connectivity index (χ1n) is 9.22. The first kappa shape index (κ1) is 17.5. The molecule has 3 nitrogen and oxygen atoms in total. The SMILES string of the molecule is CCCCCCCC1=N[C@]2(c3ccccc3Cl)CCC[C@H](O1)C2=O. The largest absolute Gasteiger partial charge is 0.470 e. The van der Waals surface area contributed by atoms with Crippen molar-refractivity contribution >= 4 is 23.3 Å². The number of hydrogen-bond donors (Lipinski definition) is 0. The number of aliphatic imine (C=N–C) groups is 1. The van der Waals surface area contributed by atoms with E-state index in [4.69, 9.17) is 21.3 Å². The van der Waals surface area contributed by atoms with Crippen molar-refractivity contribution in [1.82, 2.24) is 0 Å². The minimum Gasteiger partial charge on any atom is -0.470 e. The molecule has 1 aromatic carbocycles. The predicted octanol–water partition coefficient (Wildman–Crippen LogP) is 5.45. The second-order valence-corrected chi connectivity index (χ2v) is 7.28. The summed E-state index contributed by atoms with van der Waals surface area (Å²) in [6.45, 7) is 2.22. The standard InChI is InChI=1S/C20H26ClNO2/c1-2-3-4-5-6-13-18-22-20(15-10-7-8-11-16(15)21)14-9-12-17(24-18)19(20)23/h7-8,10-11,17H,2-6,9,12-14H2,1H3/t17-,20-/m0/s1. The minimum absolute atomic E-state index is 0.0802. The summed E-state index contributed by atoms with van der Waals surface area (Å²) in [5, 5.41) is 0.624. The molecule has 1 aromatic rings. The van der Waals surface area contributed by atoms with Gasteiger partial charge in [-0.05, 0) is 31.7 Å². The van der Waals surface area contributed by atoms with Crippen molar-refractivity contribution in [3.05, 3.63) is 34.9 Å². The van der Waals surface area contributed by atoms with Crippen LogP contribution in [0.4, 0.5) is 0 Å². The second kappa shape index (κ2) is 7.69. The van der Waals surface area contributed by atoms with Crippen molar-refractivity contribution in [3.8, 4) is 0 Å². The van der Waals surface area contributed by atoms with Crippen LogP contribution < -0.4 is 0 Å². The Balaban J connectivity index is 1.83. The van der Waals surface area contributed by atoms with Gasteiger partial charge in [0.1, 0.15) is 0 Å². The van der Waals surface area contributed by atoms with E-state index in [1.54, 1.807) is 0 Å². The maximum atomic E-state index is 13.0. The lowest BCUT2D eigenvalue weighted by Gasteiger charge is -2.41. The number of rotatable bonds is 7. The van der Waals surface area contributed by atoms with E-state index >= 15 is 0 Å². The van der Waals surface area contributed by atoms with Gasteiger partial charge >= 0.3 is 0 Å². The van der Waals surface area contributed by atoms with E-state index < -0.39 is 5.54 Å². The van der Waals surface area contributed by atoms with E-state index in [1.807, 2.05) is 24.3 Å². The number of unbranched alkanes of at least 4 members (excludes halogenated alkanes) is 4. The highest BCUT2D eigenvalue weighted by Crippen LogP contribution is 2.44. The molecule has 1 aliphatic heterocycles. The van der Waals surface area contributed by atoms with Crippen molar-refractivity contribution in [2.45, 2.75) is 76.4 Å². The third-order valence-corrected chi connectivity index (χ3v) is 5.44. The van der Waals surface area contributed by atoms with Crippen LogP contribution in [0.1, 0.15) is 70.3 Å². The van der Waals surface area contributed by atoms with Crippen molar-refractivity contribution in [1.29, 1.82) is 0 Å². The number of nitrogens with zero attached hydrogens (tertiary/aromatic N) is 1. The molecule has 2 atom stereocenters. The smallest absolute Gasteiger partial charge is 0.205 e. The minimum atomic E-state index is -0.821. The maximum Gasteiger partial charge on any atom is 0.205 e. The Hall–Kier alpha value is -1.35. The summed E-state index contributed by atoms with van der Waals surface area (Å²) in [5.74, 6) is 0.826. The molecule has 130 valence electrons. The van der Waals surface area contributed by atoms with Crippen LogP contribution in [0.5, 0.6) is 0 Å². The highest BCUT2D eigenvalue weighted by atomic mass is 35.5. The fourth-order valence-electron chi connectivity index (χ4n) is 3.81. The lowest BCUT2D eigenvalue weighted by atomic mass is 9.74. The van der Waals surface area contributed by atoms with Crippen molar-refractivity contribution in [2.24, 2.45) is 4.99 Å². The normalized spacial score (nSPS) is 26.0. The van der Waals surface area contributed by atoms with Crippen molar-refractivity contribution < 1.29 is 9.53 Å². The molecule has 0 aromatic heterocycles. The summed E-state index contributed by atoms with van der Waals surface area (Å²) >= 11 is 6.41. The molecule has 3 rings (SSSR count). The average molecular weight is 348 g/mol. The van der Waals surface area contributed by atoms with Gasteiger partial charge in [0.05, 0.1) is 0 Å². The summed E-state index contributed by atoms with van der Waals surface area (Å²) in [6.07, 6.45) is 8.96. The third kappa shape index (κ3) is 3.37. The molecule has 0 N–H and O–H groups in total. The van der Waals surface area contributed by atoms with Crippen molar-refractivity contribution in [3.63, 3.8) is 0 Å². The number of benzene rings is 1. The highest BCUT2D eigenvalue weighted by Gasteiger charge is 2.51. The maximum absolute atomic E-state index is 13.0. The van der Waals surface area contributed by atoms with Gasteiger partial charge in [-0.1, -0.05) is 62.4 Å². The zero-order chi connectivity index (χ0) is 17.0. The van der Waals surface area contributed by atoms with Gasteiger partial charge in [-0.15, -0.1) is 0 Å². The molecule has 0 radical (unpaired) electrons. The molecule has 1 saturated carbocycles. The summed E-state index contributed by atoms with van der Waals surface area (Å²) in [6, 6.07) is 7.61. The average Bonchev–Trinajstić information content (AvgIpc) is 2.56. The molecule has 2 aliphatic rings. The predicted molar refractivity (Wildman–Crippen MR) is 97.7 cm³/mol. The van der Waals surface area contributed by atoms with Crippen LogP contribution in [0.25, 0.3) is 0 Å². The molecule has 0 unspecified atom stereocenters. The van der Waals surface area contributed by atoms with Crippen LogP contribution in [-0.4, -0.2) is 17.8 Å². The van der Waals surface area contributed by atoms with Gasteiger partial charge in [0, 0.05) is 17.0 Å². The summed E-state index contributed by atoms with van der Waals surface area (Å²) in [4.78, 5) is 17.8. The molecule has 0 saturated heterocycles. The van der Waals surface area contributed by atoms with Gasteiger partial charge < -0.3 is 4.74 Å². The molecule has 2 bridgehead atoms. The van der Waals surface area contributed by atoms with E-state index in [1.165, 1.54) is 25.7 Å². The van der Waals surface area contributed by atoms with Gasteiger partial charge in [-0.25, -0.2) is 4.99 Å². The van der Waals surface area contributed by atoms with E-state index in [0.29, 0.717) is 5.02 Å². The molecule has 1 heterocycles. The Morgan fingerprint density at radius 3 is 2.83 bits per heavy atom. The summed E-state index contributed by atoms with van der Waals surface area (Å²) in [5.41, 5.74) is 0.0197. The van der Waals surface area contributed by atoms with Crippen LogP contribution in [0.2, 0.25) is 5.02 Å². The lowest BCUT2D eigenvalue weighted by Crippen LogP contribution is -2.51. The summed E-state index contributed by atoms with van der Waals surface area (Å²) in [7, 11) is 0. The molecule has 1 fully saturated rings. The van der Waals surface area contributed by atoms with Crippen LogP contribution in [-0.2, 0) is 15.1 Å². The molecule has 0 amide bonds. The quantitative estimate of drug-likeness (QED) is 0.615. The van der Waals surface area contributed by atoms with Crippen LogP contribution in [0.3, 0.4) is 0 Å². The van der Waals surface area contributed by atoms with E-state index in [0.717, 1.165) is 43.6 Å². The van der Waals surface area contributed by atoms with E-state index in [-0.39, 0.29) is 11.9 Å². The van der Waals surface area contributed by atoms with Crippen LogP contribution in [0, 0.1) is 0 Å². The van der Waals surface area contributed by atoms with Crippen LogP contribution in [0.15, 0.2) is 29.3 Å².